The smallest absolute Gasteiger partial charge is 0.333 e. The second-order valence-electron chi connectivity index (χ2n) is 9.52. The van der Waals surface area contributed by atoms with Crippen LogP contribution in [0, 0.1) is 5.41 Å². The molecule has 0 aliphatic heterocycles. The van der Waals surface area contributed by atoms with Gasteiger partial charge in [-0.2, -0.15) is 0 Å². The van der Waals surface area contributed by atoms with Crippen LogP contribution in [0.4, 0.5) is 0 Å². The molecule has 0 fully saturated rings. The van der Waals surface area contributed by atoms with E-state index in [1.807, 2.05) is 32.0 Å². The molecule has 2 aromatic rings. The molecule has 0 radical (unpaired) electrons. The molecular weight excluding hydrogens is 488 g/mol. The monoisotopic (exact) mass is 522 g/mol. The predicted octanol–water partition coefficient (Wildman–Crippen LogP) is 7.26. The Bertz CT molecular complexity index is 1140. The molecule has 37 heavy (non-hydrogen) atoms. The molecule has 0 amide bonds. The molecule has 196 valence electrons. The third-order valence-corrected chi connectivity index (χ3v) is 6.88. The number of carbonyl (C=O) groups is 3. The highest BCUT2D eigenvalue weighted by atomic mass is 35.5. The van der Waals surface area contributed by atoms with Gasteiger partial charge in [-0.25, -0.2) is 4.79 Å². The van der Waals surface area contributed by atoms with Crippen LogP contribution in [0.25, 0.3) is 0 Å². The largest absolute Gasteiger partial charge is 0.465 e. The summed E-state index contributed by atoms with van der Waals surface area (Å²) >= 11 is 6.13. The number of allylic oxidation sites excluding steroid dienone is 1. The molecule has 1 aliphatic rings. The summed E-state index contributed by atoms with van der Waals surface area (Å²) < 4.78 is 11.0. The SMILES string of the molecule is C=C(C[C@]1(C(=O)OCCCC)C=C(C(=O)c2ccccc2)C(c2ccc(Cl)cc2)C1)C(=O)OCCCC. The zero-order chi connectivity index (χ0) is 26.8. The molecule has 0 N–H and O–H groups in total. The molecule has 2 atom stereocenters. The molecule has 0 saturated carbocycles. The molecule has 0 bridgehead atoms. The van der Waals surface area contributed by atoms with Crippen LogP contribution >= 0.6 is 11.6 Å². The summed E-state index contributed by atoms with van der Waals surface area (Å²) in [5.74, 6) is -1.54. The van der Waals surface area contributed by atoms with E-state index in [0.29, 0.717) is 22.8 Å². The van der Waals surface area contributed by atoms with E-state index < -0.39 is 17.4 Å². The standard InChI is InChI=1S/C31H35ClO5/c1-4-6-17-36-29(34)22(3)19-31(30(35)37-18-7-5-2)20-26(23-13-15-25(32)16-14-23)27(21-31)28(33)24-11-9-8-10-12-24/h8-16,21,26H,3-7,17-20H2,1-2H3/t26?,31-/m1/s1. The maximum Gasteiger partial charge on any atom is 0.333 e. The molecule has 2 aromatic carbocycles. The van der Waals surface area contributed by atoms with Crippen LogP contribution in [0.1, 0.15) is 74.2 Å². The minimum Gasteiger partial charge on any atom is -0.465 e. The number of ether oxygens (including phenoxy) is 2. The van der Waals surface area contributed by atoms with Gasteiger partial charge in [-0.3, -0.25) is 9.59 Å². The summed E-state index contributed by atoms with van der Waals surface area (Å²) in [6.07, 6.45) is 5.23. The highest BCUT2D eigenvalue weighted by Crippen LogP contribution is 2.50. The van der Waals surface area contributed by atoms with E-state index in [4.69, 9.17) is 21.1 Å². The van der Waals surface area contributed by atoms with Gasteiger partial charge in [-0.05, 0) is 43.4 Å². The Hall–Kier alpha value is -3.18. The van der Waals surface area contributed by atoms with Crippen molar-refractivity contribution >= 4 is 29.3 Å². The van der Waals surface area contributed by atoms with Crippen molar-refractivity contribution in [3.63, 3.8) is 0 Å². The fourth-order valence-corrected chi connectivity index (χ4v) is 4.68. The first-order valence-corrected chi connectivity index (χ1v) is 13.3. The molecular formula is C31H35ClO5. The Balaban J connectivity index is 2.02. The second kappa shape index (κ2) is 13.4. The zero-order valence-corrected chi connectivity index (χ0v) is 22.4. The van der Waals surface area contributed by atoms with Crippen molar-refractivity contribution in [3.05, 3.63) is 94.5 Å². The number of halogens is 1. The number of hydrogen-bond donors (Lipinski definition) is 0. The van der Waals surface area contributed by atoms with Crippen molar-refractivity contribution in [2.24, 2.45) is 5.41 Å². The Kier molecular flexibility index (Phi) is 10.3. The number of esters is 2. The normalized spacial score (nSPS) is 18.7. The Morgan fingerprint density at radius 3 is 2.19 bits per heavy atom. The van der Waals surface area contributed by atoms with Crippen LogP contribution in [-0.4, -0.2) is 30.9 Å². The van der Waals surface area contributed by atoms with Crippen molar-refractivity contribution in [3.8, 4) is 0 Å². The van der Waals surface area contributed by atoms with E-state index in [9.17, 15) is 14.4 Å². The zero-order valence-electron chi connectivity index (χ0n) is 21.6. The Labute approximate surface area is 224 Å². The molecule has 0 aromatic heterocycles. The molecule has 5 nitrogen and oxygen atoms in total. The number of carbonyl (C=O) groups excluding carboxylic acids is 3. The van der Waals surface area contributed by atoms with Crippen molar-refractivity contribution in [2.45, 2.75) is 58.3 Å². The van der Waals surface area contributed by atoms with E-state index >= 15 is 0 Å². The first kappa shape index (κ1) is 28.4. The van der Waals surface area contributed by atoms with Crippen molar-refractivity contribution in [2.75, 3.05) is 13.2 Å². The maximum atomic E-state index is 13.7. The third kappa shape index (κ3) is 7.20. The fraction of sp³-hybridized carbons (Fsp3) is 0.387. The number of benzene rings is 2. The van der Waals surface area contributed by atoms with Gasteiger partial charge in [0.25, 0.3) is 0 Å². The summed E-state index contributed by atoms with van der Waals surface area (Å²) in [4.78, 5) is 40.0. The van der Waals surface area contributed by atoms with Gasteiger partial charge in [0.1, 0.15) is 0 Å². The summed E-state index contributed by atoms with van der Waals surface area (Å²) in [7, 11) is 0. The molecule has 3 rings (SSSR count). The van der Waals surface area contributed by atoms with Crippen LogP contribution in [0.3, 0.4) is 0 Å². The van der Waals surface area contributed by atoms with Gasteiger partial charge in [-0.15, -0.1) is 0 Å². The van der Waals surface area contributed by atoms with Gasteiger partial charge in [0, 0.05) is 27.7 Å². The third-order valence-electron chi connectivity index (χ3n) is 6.63. The number of ketones is 1. The first-order chi connectivity index (χ1) is 17.8. The lowest BCUT2D eigenvalue weighted by atomic mass is 9.78. The quantitative estimate of drug-likeness (QED) is 0.120. The van der Waals surface area contributed by atoms with Gasteiger partial charge in [0.05, 0.1) is 18.6 Å². The van der Waals surface area contributed by atoms with Gasteiger partial charge < -0.3 is 9.47 Å². The molecule has 1 aliphatic carbocycles. The van der Waals surface area contributed by atoms with Crippen molar-refractivity contribution < 1.29 is 23.9 Å². The van der Waals surface area contributed by atoms with Gasteiger partial charge in [-0.1, -0.05) is 93.4 Å². The van der Waals surface area contributed by atoms with Crippen LogP contribution < -0.4 is 0 Å². The number of rotatable bonds is 13. The number of Topliss-reactive ketones (excluding diaryl/α,β-unsaturated/α-hetero) is 1. The minimum absolute atomic E-state index is 0.0125. The van der Waals surface area contributed by atoms with Crippen LogP contribution in [-0.2, 0) is 19.1 Å². The summed E-state index contributed by atoms with van der Waals surface area (Å²) in [5.41, 5.74) is 0.842. The van der Waals surface area contributed by atoms with E-state index in [1.54, 1.807) is 42.5 Å². The average molecular weight is 523 g/mol. The number of hydrogen-bond acceptors (Lipinski definition) is 5. The summed E-state index contributed by atoms with van der Waals surface area (Å²) in [6.45, 7) is 8.53. The van der Waals surface area contributed by atoms with E-state index in [0.717, 1.165) is 31.2 Å². The van der Waals surface area contributed by atoms with Crippen molar-refractivity contribution in [1.82, 2.24) is 0 Å². The molecule has 0 heterocycles. The highest BCUT2D eigenvalue weighted by molar-refractivity contribution is 6.30. The highest BCUT2D eigenvalue weighted by Gasteiger charge is 2.49. The Morgan fingerprint density at radius 2 is 1.57 bits per heavy atom. The molecule has 6 heteroatoms. The average Bonchev–Trinajstić information content (AvgIpc) is 3.29. The first-order valence-electron chi connectivity index (χ1n) is 12.9. The second-order valence-corrected chi connectivity index (χ2v) is 9.95. The predicted molar refractivity (Wildman–Crippen MR) is 146 cm³/mol. The van der Waals surface area contributed by atoms with Gasteiger partial charge in [0.15, 0.2) is 5.78 Å². The topological polar surface area (TPSA) is 69.7 Å². The minimum atomic E-state index is -1.22. The summed E-state index contributed by atoms with van der Waals surface area (Å²) in [5, 5.41) is 0.579. The maximum absolute atomic E-state index is 13.7. The van der Waals surface area contributed by atoms with Gasteiger partial charge >= 0.3 is 11.9 Å². The van der Waals surface area contributed by atoms with E-state index in [1.165, 1.54) is 0 Å². The van der Waals surface area contributed by atoms with E-state index in [-0.39, 0.29) is 36.7 Å². The Morgan fingerprint density at radius 1 is 0.946 bits per heavy atom. The van der Waals surface area contributed by atoms with Crippen LogP contribution in [0.5, 0.6) is 0 Å². The lowest BCUT2D eigenvalue weighted by molar-refractivity contribution is -0.153. The van der Waals surface area contributed by atoms with Crippen LogP contribution in [0.2, 0.25) is 5.02 Å². The van der Waals surface area contributed by atoms with Gasteiger partial charge in [0.2, 0.25) is 0 Å². The lowest BCUT2D eigenvalue weighted by Crippen LogP contribution is -2.32. The lowest BCUT2D eigenvalue weighted by Gasteiger charge is -2.27. The van der Waals surface area contributed by atoms with Crippen LogP contribution in [0.15, 0.2) is 78.4 Å². The summed E-state index contributed by atoms with van der Waals surface area (Å²) in [6, 6.07) is 16.2. The number of unbranched alkanes of at least 4 members (excludes halogenated alkanes) is 2. The van der Waals surface area contributed by atoms with Crippen molar-refractivity contribution in [1.29, 1.82) is 0 Å². The molecule has 0 saturated heterocycles. The molecule has 0 spiro atoms. The fourth-order valence-electron chi connectivity index (χ4n) is 4.56. The molecule has 1 unspecified atom stereocenters. The van der Waals surface area contributed by atoms with E-state index in [2.05, 4.69) is 6.58 Å².